The third-order valence-corrected chi connectivity index (χ3v) is 1.75. The minimum Gasteiger partial charge on any atom is -0.502 e. The monoisotopic (exact) mass is 194 g/mol. The lowest BCUT2D eigenvalue weighted by Crippen LogP contribution is -1.92. The molecule has 0 radical (unpaired) electrons. The van der Waals surface area contributed by atoms with Crippen LogP contribution in [0.4, 0.5) is 5.69 Å². The topological polar surface area (TPSA) is 75.7 Å². The Morgan fingerprint density at radius 1 is 1.64 bits per heavy atom. The lowest BCUT2D eigenvalue weighted by Gasteiger charge is -1.98. The van der Waals surface area contributed by atoms with Gasteiger partial charge in [0.1, 0.15) is 0 Å². The van der Waals surface area contributed by atoms with Crippen molar-refractivity contribution in [3.05, 3.63) is 33.9 Å². The maximum absolute atomic E-state index is 10.5. The van der Waals surface area contributed by atoms with E-state index in [4.69, 9.17) is 5.11 Å². The van der Waals surface area contributed by atoms with Gasteiger partial charge in [0.15, 0.2) is 5.75 Å². The van der Waals surface area contributed by atoms with Gasteiger partial charge in [-0.25, -0.2) is 0 Å². The Morgan fingerprint density at radius 3 is 2.93 bits per heavy atom. The molecule has 0 fully saturated rings. The van der Waals surface area contributed by atoms with Gasteiger partial charge in [0, 0.05) is 25.7 Å². The Balaban J connectivity index is 3.00. The van der Waals surface area contributed by atoms with Crippen LogP contribution in [0.2, 0.25) is 0 Å². The first-order valence-corrected chi connectivity index (χ1v) is 4.02. The standard InChI is InChI=1S/C9H10N2O3/c1-10-5-4-7-2-3-9(12)8(6-7)11(13)14/h2-3,5-6,12H,4H2,1H3. The molecule has 0 amide bonds. The zero-order valence-electron chi connectivity index (χ0n) is 7.67. The van der Waals surface area contributed by atoms with E-state index in [2.05, 4.69) is 4.99 Å². The van der Waals surface area contributed by atoms with Crippen molar-refractivity contribution in [3.8, 4) is 5.75 Å². The maximum atomic E-state index is 10.5. The molecular weight excluding hydrogens is 184 g/mol. The molecule has 1 aromatic carbocycles. The van der Waals surface area contributed by atoms with Gasteiger partial charge in [-0.3, -0.25) is 10.1 Å². The molecule has 0 aliphatic carbocycles. The summed E-state index contributed by atoms with van der Waals surface area (Å²) in [5, 5.41) is 19.6. The first-order valence-electron chi connectivity index (χ1n) is 4.02. The van der Waals surface area contributed by atoms with Gasteiger partial charge in [0.05, 0.1) is 4.92 Å². The molecule has 5 nitrogen and oxygen atoms in total. The van der Waals surface area contributed by atoms with Gasteiger partial charge in [-0.05, 0) is 11.6 Å². The summed E-state index contributed by atoms with van der Waals surface area (Å²) in [4.78, 5) is 13.6. The second-order valence-corrected chi connectivity index (χ2v) is 2.73. The third-order valence-electron chi connectivity index (χ3n) is 1.75. The first-order chi connectivity index (χ1) is 6.65. The van der Waals surface area contributed by atoms with Crippen molar-refractivity contribution in [1.29, 1.82) is 0 Å². The molecule has 1 N–H and O–H groups in total. The molecule has 0 unspecified atom stereocenters. The fourth-order valence-corrected chi connectivity index (χ4v) is 1.04. The zero-order chi connectivity index (χ0) is 10.6. The van der Waals surface area contributed by atoms with Crippen molar-refractivity contribution in [2.24, 2.45) is 4.99 Å². The molecule has 14 heavy (non-hydrogen) atoms. The van der Waals surface area contributed by atoms with Crippen molar-refractivity contribution in [1.82, 2.24) is 0 Å². The number of aliphatic imine (C=N–C) groups is 1. The summed E-state index contributed by atoms with van der Waals surface area (Å²) in [5.74, 6) is -0.313. The summed E-state index contributed by atoms with van der Waals surface area (Å²) in [6.45, 7) is 0. The highest BCUT2D eigenvalue weighted by Gasteiger charge is 2.12. The predicted octanol–water partition coefficient (Wildman–Crippen LogP) is 1.54. The number of hydrogen-bond donors (Lipinski definition) is 1. The molecule has 0 saturated heterocycles. The molecule has 0 aromatic heterocycles. The van der Waals surface area contributed by atoms with E-state index in [1.54, 1.807) is 19.3 Å². The number of aromatic hydroxyl groups is 1. The largest absolute Gasteiger partial charge is 0.502 e. The van der Waals surface area contributed by atoms with E-state index in [0.29, 0.717) is 6.42 Å². The van der Waals surface area contributed by atoms with Crippen LogP contribution in [-0.4, -0.2) is 23.3 Å². The van der Waals surface area contributed by atoms with Crippen molar-refractivity contribution >= 4 is 11.9 Å². The summed E-state index contributed by atoms with van der Waals surface area (Å²) in [6, 6.07) is 4.29. The molecule has 74 valence electrons. The van der Waals surface area contributed by atoms with E-state index in [1.807, 2.05) is 0 Å². The number of benzene rings is 1. The van der Waals surface area contributed by atoms with E-state index in [9.17, 15) is 10.1 Å². The molecule has 1 rings (SSSR count). The summed E-state index contributed by atoms with van der Waals surface area (Å²) < 4.78 is 0. The maximum Gasteiger partial charge on any atom is 0.310 e. The lowest BCUT2D eigenvalue weighted by molar-refractivity contribution is -0.385. The Morgan fingerprint density at radius 2 is 2.36 bits per heavy atom. The minimum atomic E-state index is -0.609. The van der Waals surface area contributed by atoms with Gasteiger partial charge in [0.25, 0.3) is 0 Å². The molecule has 1 aromatic rings. The molecule has 0 aliphatic rings. The molecule has 0 saturated carbocycles. The highest BCUT2D eigenvalue weighted by atomic mass is 16.6. The molecule has 0 atom stereocenters. The molecule has 0 spiro atoms. The number of hydrogen-bond acceptors (Lipinski definition) is 4. The van der Waals surface area contributed by atoms with Gasteiger partial charge in [-0.1, -0.05) is 6.07 Å². The Kier molecular flexibility index (Phi) is 3.17. The van der Waals surface area contributed by atoms with Crippen LogP contribution < -0.4 is 0 Å². The van der Waals surface area contributed by atoms with Gasteiger partial charge in [0.2, 0.25) is 0 Å². The number of phenols is 1. The van der Waals surface area contributed by atoms with E-state index in [1.165, 1.54) is 12.1 Å². The average molecular weight is 194 g/mol. The highest BCUT2D eigenvalue weighted by Crippen LogP contribution is 2.26. The van der Waals surface area contributed by atoms with Crippen LogP contribution in [0, 0.1) is 10.1 Å². The van der Waals surface area contributed by atoms with Crippen LogP contribution in [0.5, 0.6) is 5.75 Å². The van der Waals surface area contributed by atoms with Crippen molar-refractivity contribution in [2.45, 2.75) is 6.42 Å². The molecule has 0 heterocycles. The second-order valence-electron chi connectivity index (χ2n) is 2.73. The summed E-state index contributed by atoms with van der Waals surface area (Å²) in [6.07, 6.45) is 2.17. The number of nitro groups is 1. The third kappa shape index (κ3) is 2.29. The number of rotatable bonds is 3. The van der Waals surface area contributed by atoms with Crippen molar-refractivity contribution in [2.75, 3.05) is 7.05 Å². The van der Waals surface area contributed by atoms with Crippen LogP contribution in [0.1, 0.15) is 5.56 Å². The predicted molar refractivity (Wildman–Crippen MR) is 52.9 cm³/mol. The highest BCUT2D eigenvalue weighted by molar-refractivity contribution is 5.62. The van der Waals surface area contributed by atoms with E-state index >= 15 is 0 Å². The second kappa shape index (κ2) is 4.36. The SMILES string of the molecule is CN=CCc1ccc(O)c([N+](=O)[O-])c1. The Hall–Kier alpha value is -1.91. The molecular formula is C9H10N2O3. The number of nitrogens with zero attached hydrogens (tertiary/aromatic N) is 2. The first kappa shape index (κ1) is 10.2. The summed E-state index contributed by atoms with van der Waals surface area (Å²) in [5.41, 5.74) is 0.479. The zero-order valence-corrected chi connectivity index (χ0v) is 7.67. The van der Waals surface area contributed by atoms with Gasteiger partial charge in [-0.2, -0.15) is 0 Å². The normalized spacial score (nSPS) is 10.6. The number of phenolic OH excluding ortho intramolecular Hbond substituents is 1. The molecule has 0 bridgehead atoms. The van der Waals surface area contributed by atoms with Crippen LogP contribution in [-0.2, 0) is 6.42 Å². The van der Waals surface area contributed by atoms with Crippen molar-refractivity contribution in [3.63, 3.8) is 0 Å². The quantitative estimate of drug-likeness (QED) is 0.450. The van der Waals surface area contributed by atoms with E-state index in [-0.39, 0.29) is 11.4 Å². The smallest absolute Gasteiger partial charge is 0.310 e. The van der Waals surface area contributed by atoms with E-state index < -0.39 is 4.92 Å². The van der Waals surface area contributed by atoms with Gasteiger partial charge in [-0.15, -0.1) is 0 Å². The Labute approximate surface area is 80.9 Å². The van der Waals surface area contributed by atoms with Crippen molar-refractivity contribution < 1.29 is 10.0 Å². The fourth-order valence-electron chi connectivity index (χ4n) is 1.04. The lowest BCUT2D eigenvalue weighted by atomic mass is 10.1. The molecule has 0 aliphatic heterocycles. The van der Waals surface area contributed by atoms with Crippen LogP contribution in [0.15, 0.2) is 23.2 Å². The fraction of sp³-hybridized carbons (Fsp3) is 0.222. The van der Waals surface area contributed by atoms with Crippen LogP contribution in [0.25, 0.3) is 0 Å². The van der Waals surface area contributed by atoms with Crippen LogP contribution >= 0.6 is 0 Å². The minimum absolute atomic E-state index is 0.271. The van der Waals surface area contributed by atoms with Gasteiger partial charge >= 0.3 is 5.69 Å². The van der Waals surface area contributed by atoms with Crippen LogP contribution in [0.3, 0.4) is 0 Å². The molecule has 5 heteroatoms. The van der Waals surface area contributed by atoms with E-state index in [0.717, 1.165) is 5.56 Å². The Bertz CT molecular complexity index is 374. The summed E-state index contributed by atoms with van der Waals surface area (Å²) in [7, 11) is 1.63. The summed E-state index contributed by atoms with van der Waals surface area (Å²) >= 11 is 0. The average Bonchev–Trinajstić information content (AvgIpc) is 2.16. The number of nitro benzene ring substituents is 1. The van der Waals surface area contributed by atoms with Gasteiger partial charge < -0.3 is 10.1 Å².